The van der Waals surface area contributed by atoms with Crippen molar-refractivity contribution < 1.29 is 0 Å². The molecule has 0 aromatic rings. The van der Waals surface area contributed by atoms with Crippen molar-refractivity contribution in [2.75, 3.05) is 20.1 Å². The second-order valence-corrected chi connectivity index (χ2v) is 6.80. The molecule has 0 radical (unpaired) electrons. The van der Waals surface area contributed by atoms with Gasteiger partial charge in [-0.2, -0.15) is 0 Å². The summed E-state index contributed by atoms with van der Waals surface area (Å²) in [5.74, 6) is 2.28. The molecule has 1 aliphatic rings. The van der Waals surface area contributed by atoms with E-state index in [4.69, 9.17) is 5.73 Å². The van der Waals surface area contributed by atoms with Crippen LogP contribution in [0.25, 0.3) is 0 Å². The summed E-state index contributed by atoms with van der Waals surface area (Å²) >= 11 is 0. The Morgan fingerprint density at radius 1 is 1.28 bits per heavy atom. The first-order chi connectivity index (χ1) is 8.47. The monoisotopic (exact) mass is 254 g/mol. The van der Waals surface area contributed by atoms with Crippen LogP contribution in [0.1, 0.15) is 59.8 Å². The first-order valence-corrected chi connectivity index (χ1v) is 7.89. The zero-order valence-electron chi connectivity index (χ0n) is 13.2. The zero-order valence-corrected chi connectivity index (χ0v) is 13.2. The molecule has 1 rings (SSSR count). The summed E-state index contributed by atoms with van der Waals surface area (Å²) in [6.07, 6.45) is 6.66. The number of nitrogens with zero attached hydrogens (tertiary/aromatic N) is 1. The van der Waals surface area contributed by atoms with E-state index in [1.807, 2.05) is 0 Å². The Bertz CT molecular complexity index is 239. The van der Waals surface area contributed by atoms with E-state index in [-0.39, 0.29) is 5.54 Å². The fourth-order valence-electron chi connectivity index (χ4n) is 3.86. The Morgan fingerprint density at radius 2 is 1.94 bits per heavy atom. The van der Waals surface area contributed by atoms with Crippen LogP contribution in [-0.2, 0) is 0 Å². The van der Waals surface area contributed by atoms with Gasteiger partial charge in [0.25, 0.3) is 0 Å². The van der Waals surface area contributed by atoms with Crippen LogP contribution in [0, 0.1) is 17.8 Å². The molecule has 1 saturated carbocycles. The molecule has 0 amide bonds. The molecule has 1 fully saturated rings. The van der Waals surface area contributed by atoms with Gasteiger partial charge in [0.2, 0.25) is 0 Å². The van der Waals surface area contributed by atoms with E-state index in [2.05, 4.69) is 39.6 Å². The molecule has 0 spiro atoms. The lowest BCUT2D eigenvalue weighted by Gasteiger charge is -2.52. The average Bonchev–Trinajstić information content (AvgIpc) is 2.37. The molecule has 0 bridgehead atoms. The van der Waals surface area contributed by atoms with Crippen LogP contribution in [0.3, 0.4) is 0 Å². The molecule has 2 nitrogen and oxygen atoms in total. The minimum Gasteiger partial charge on any atom is -0.329 e. The molecule has 0 saturated heterocycles. The van der Waals surface area contributed by atoms with Gasteiger partial charge in [-0.15, -0.1) is 0 Å². The Hall–Kier alpha value is -0.0800. The van der Waals surface area contributed by atoms with E-state index in [0.29, 0.717) is 0 Å². The highest BCUT2D eigenvalue weighted by Gasteiger charge is 2.44. The van der Waals surface area contributed by atoms with Crippen LogP contribution in [-0.4, -0.2) is 30.6 Å². The topological polar surface area (TPSA) is 29.3 Å². The molecule has 18 heavy (non-hydrogen) atoms. The van der Waals surface area contributed by atoms with Crippen molar-refractivity contribution in [1.29, 1.82) is 0 Å². The van der Waals surface area contributed by atoms with Gasteiger partial charge in [-0.25, -0.2) is 0 Å². The maximum Gasteiger partial charge on any atom is 0.0359 e. The molecule has 0 aromatic carbocycles. The summed E-state index contributed by atoms with van der Waals surface area (Å²) in [5, 5.41) is 0. The van der Waals surface area contributed by atoms with E-state index in [0.717, 1.165) is 24.3 Å². The van der Waals surface area contributed by atoms with E-state index in [1.165, 1.54) is 38.6 Å². The molecule has 0 heterocycles. The van der Waals surface area contributed by atoms with Crippen molar-refractivity contribution in [2.45, 2.75) is 65.3 Å². The van der Waals surface area contributed by atoms with Crippen molar-refractivity contribution in [3.8, 4) is 0 Å². The standard InChI is InChI=1S/C16H34N2/c1-6-14(4)11-18(5)16(12-17)10-8-7-9-15(16)13(2)3/h13-15H,6-12,17H2,1-5H3. The minimum absolute atomic E-state index is 0.260. The van der Waals surface area contributed by atoms with Crippen molar-refractivity contribution >= 4 is 0 Å². The number of hydrogen-bond acceptors (Lipinski definition) is 2. The largest absolute Gasteiger partial charge is 0.329 e. The lowest BCUT2D eigenvalue weighted by Crippen LogP contribution is -2.60. The Morgan fingerprint density at radius 3 is 2.44 bits per heavy atom. The predicted molar refractivity (Wildman–Crippen MR) is 80.7 cm³/mol. The van der Waals surface area contributed by atoms with Crippen molar-refractivity contribution in [1.82, 2.24) is 4.90 Å². The molecular formula is C16H34N2. The first-order valence-electron chi connectivity index (χ1n) is 7.89. The van der Waals surface area contributed by atoms with Crippen molar-refractivity contribution in [3.63, 3.8) is 0 Å². The van der Waals surface area contributed by atoms with Gasteiger partial charge in [-0.3, -0.25) is 4.90 Å². The number of hydrogen-bond donors (Lipinski definition) is 1. The SMILES string of the molecule is CCC(C)CN(C)C1(CN)CCCCC1C(C)C. The summed E-state index contributed by atoms with van der Waals surface area (Å²) in [6, 6.07) is 0. The van der Waals surface area contributed by atoms with Crippen LogP contribution in [0.15, 0.2) is 0 Å². The lowest BCUT2D eigenvalue weighted by atomic mass is 9.67. The molecular weight excluding hydrogens is 220 g/mol. The zero-order chi connectivity index (χ0) is 13.8. The summed E-state index contributed by atoms with van der Waals surface area (Å²) < 4.78 is 0. The van der Waals surface area contributed by atoms with Gasteiger partial charge < -0.3 is 5.73 Å². The Kier molecular flexibility index (Phi) is 6.13. The average molecular weight is 254 g/mol. The fourth-order valence-corrected chi connectivity index (χ4v) is 3.86. The van der Waals surface area contributed by atoms with Gasteiger partial charge in [0, 0.05) is 18.6 Å². The van der Waals surface area contributed by atoms with E-state index in [9.17, 15) is 0 Å². The highest BCUT2D eigenvalue weighted by molar-refractivity contribution is 5.00. The van der Waals surface area contributed by atoms with Crippen LogP contribution >= 0.6 is 0 Å². The molecule has 2 N–H and O–H groups in total. The Labute approximate surface area is 114 Å². The number of likely N-dealkylation sites (N-methyl/N-ethyl adjacent to an activating group) is 1. The summed E-state index contributed by atoms with van der Waals surface area (Å²) in [4.78, 5) is 2.60. The molecule has 0 aliphatic heterocycles. The third-order valence-electron chi connectivity index (χ3n) is 5.27. The summed E-state index contributed by atoms with van der Waals surface area (Å²) in [7, 11) is 2.31. The normalized spacial score (nSPS) is 31.0. The number of rotatable bonds is 6. The van der Waals surface area contributed by atoms with Crippen molar-refractivity contribution in [3.05, 3.63) is 0 Å². The van der Waals surface area contributed by atoms with E-state index in [1.54, 1.807) is 0 Å². The molecule has 108 valence electrons. The van der Waals surface area contributed by atoms with Gasteiger partial charge in [0.05, 0.1) is 0 Å². The molecule has 3 atom stereocenters. The molecule has 0 aromatic heterocycles. The van der Waals surface area contributed by atoms with Crippen LogP contribution in [0.2, 0.25) is 0 Å². The van der Waals surface area contributed by atoms with Crippen LogP contribution in [0.4, 0.5) is 0 Å². The summed E-state index contributed by atoms with van der Waals surface area (Å²) in [6.45, 7) is 11.4. The second kappa shape index (κ2) is 6.91. The highest BCUT2D eigenvalue weighted by Crippen LogP contribution is 2.41. The van der Waals surface area contributed by atoms with Gasteiger partial charge in [0.1, 0.15) is 0 Å². The third kappa shape index (κ3) is 3.27. The Balaban J connectivity index is 2.85. The quantitative estimate of drug-likeness (QED) is 0.786. The minimum atomic E-state index is 0.260. The first kappa shape index (κ1) is 16.0. The third-order valence-corrected chi connectivity index (χ3v) is 5.27. The van der Waals surface area contributed by atoms with Crippen molar-refractivity contribution in [2.24, 2.45) is 23.5 Å². The maximum atomic E-state index is 6.24. The molecule has 1 aliphatic carbocycles. The second-order valence-electron chi connectivity index (χ2n) is 6.80. The van der Waals surface area contributed by atoms with Gasteiger partial charge in [0.15, 0.2) is 0 Å². The van der Waals surface area contributed by atoms with Gasteiger partial charge >= 0.3 is 0 Å². The maximum absolute atomic E-state index is 6.24. The van der Waals surface area contributed by atoms with Crippen LogP contribution < -0.4 is 5.73 Å². The lowest BCUT2D eigenvalue weighted by molar-refractivity contribution is -0.00435. The summed E-state index contributed by atoms with van der Waals surface area (Å²) in [5.41, 5.74) is 6.50. The smallest absolute Gasteiger partial charge is 0.0359 e. The highest BCUT2D eigenvalue weighted by atomic mass is 15.2. The predicted octanol–water partition coefficient (Wildman–Crippen LogP) is 3.51. The fraction of sp³-hybridized carbons (Fsp3) is 1.00. The molecule has 2 heteroatoms. The van der Waals surface area contributed by atoms with Crippen LogP contribution in [0.5, 0.6) is 0 Å². The van der Waals surface area contributed by atoms with E-state index < -0.39 is 0 Å². The van der Waals surface area contributed by atoms with Gasteiger partial charge in [-0.1, -0.05) is 47.0 Å². The molecule has 3 unspecified atom stereocenters. The van der Waals surface area contributed by atoms with Gasteiger partial charge in [-0.05, 0) is 37.6 Å². The number of nitrogens with two attached hydrogens (primary N) is 1. The van der Waals surface area contributed by atoms with E-state index >= 15 is 0 Å².